The highest BCUT2D eigenvalue weighted by Crippen LogP contribution is 2.38. The third kappa shape index (κ3) is 4.43. The minimum absolute atomic E-state index is 0.0636. The first-order valence-corrected chi connectivity index (χ1v) is 10.3. The van der Waals surface area contributed by atoms with Gasteiger partial charge in [0.05, 0.1) is 12.2 Å². The molecule has 1 aliphatic heterocycles. The fraction of sp³-hybridized carbons (Fsp3) is 0.450. The number of rotatable bonds is 5. The number of hydrogen-bond acceptors (Lipinski definition) is 7. The molecule has 0 N–H and O–H groups in total. The van der Waals surface area contributed by atoms with Gasteiger partial charge < -0.3 is 14.2 Å². The molecule has 2 aromatic heterocycles. The number of alkyl halides is 3. The first kappa shape index (κ1) is 20.5. The highest BCUT2D eigenvalue weighted by atomic mass is 19.4. The molecule has 168 valence electrons. The van der Waals surface area contributed by atoms with E-state index in [4.69, 9.17) is 4.52 Å². The molecule has 32 heavy (non-hydrogen) atoms. The predicted octanol–water partition coefficient (Wildman–Crippen LogP) is 3.58. The molecular weight excluding hydrogens is 429 g/mol. The van der Waals surface area contributed by atoms with Crippen LogP contribution in [0.4, 0.5) is 13.2 Å². The van der Waals surface area contributed by atoms with Crippen LogP contribution in [0.2, 0.25) is 0 Å². The van der Waals surface area contributed by atoms with Gasteiger partial charge in [0.25, 0.3) is 11.8 Å². The van der Waals surface area contributed by atoms with Crippen LogP contribution in [0.3, 0.4) is 0 Å². The molecule has 3 heterocycles. The number of aromatic nitrogens is 5. The van der Waals surface area contributed by atoms with Gasteiger partial charge in [0.15, 0.2) is 11.5 Å². The van der Waals surface area contributed by atoms with Crippen molar-refractivity contribution in [2.45, 2.75) is 44.0 Å². The molecule has 0 radical (unpaired) electrons. The van der Waals surface area contributed by atoms with Crippen molar-refractivity contribution >= 4 is 5.91 Å². The Bertz CT molecular complexity index is 1100. The van der Waals surface area contributed by atoms with E-state index in [9.17, 15) is 18.0 Å². The fourth-order valence-electron chi connectivity index (χ4n) is 3.71. The summed E-state index contributed by atoms with van der Waals surface area (Å²) in [5, 5.41) is 12.3. The zero-order valence-corrected chi connectivity index (χ0v) is 16.8. The molecule has 1 aliphatic carbocycles. The monoisotopic (exact) mass is 448 g/mol. The normalized spacial score (nSPS) is 17.5. The van der Waals surface area contributed by atoms with Crippen LogP contribution in [0, 0.1) is 0 Å². The number of amides is 1. The Kier molecular flexibility index (Phi) is 5.06. The second-order valence-electron chi connectivity index (χ2n) is 7.91. The summed E-state index contributed by atoms with van der Waals surface area (Å²) < 4.78 is 47.7. The molecule has 1 aromatic carbocycles. The third-order valence-corrected chi connectivity index (χ3v) is 5.57. The van der Waals surface area contributed by atoms with Gasteiger partial charge in [-0.15, -0.1) is 18.3 Å². The van der Waals surface area contributed by atoms with Gasteiger partial charge in [-0.3, -0.25) is 4.79 Å². The number of hydrogen-bond donors (Lipinski definition) is 0. The number of likely N-dealkylation sites (tertiary alicyclic amines) is 1. The number of carbonyl (C=O) groups excluding carboxylic acids is 1. The van der Waals surface area contributed by atoms with Crippen molar-refractivity contribution in [3.8, 4) is 17.3 Å². The van der Waals surface area contributed by atoms with Crippen LogP contribution in [0.15, 0.2) is 35.0 Å². The lowest BCUT2D eigenvalue weighted by Crippen LogP contribution is -2.39. The van der Waals surface area contributed by atoms with Gasteiger partial charge in [-0.2, -0.15) is 4.98 Å². The van der Waals surface area contributed by atoms with E-state index in [0.29, 0.717) is 54.8 Å². The molecule has 5 rings (SSSR count). The SMILES string of the molecule is O=C(c1ccc(OC(F)(F)F)cc1)N1CCC(n2cc(-c3nc(C4CC4)no3)nn2)CC1. The highest BCUT2D eigenvalue weighted by Gasteiger charge is 2.32. The number of carbonyl (C=O) groups is 1. The van der Waals surface area contributed by atoms with Gasteiger partial charge in [0.2, 0.25) is 0 Å². The number of ether oxygens (including phenoxy) is 1. The Labute approximate surface area is 180 Å². The summed E-state index contributed by atoms with van der Waals surface area (Å²) in [6.07, 6.45) is 0.494. The molecule has 2 aliphatic rings. The summed E-state index contributed by atoms with van der Waals surface area (Å²) in [7, 11) is 0. The third-order valence-electron chi connectivity index (χ3n) is 5.57. The first-order chi connectivity index (χ1) is 15.4. The van der Waals surface area contributed by atoms with Gasteiger partial charge in [-0.1, -0.05) is 10.4 Å². The number of benzene rings is 1. The maximum Gasteiger partial charge on any atom is 0.573 e. The molecule has 9 nitrogen and oxygen atoms in total. The Morgan fingerprint density at radius 2 is 1.81 bits per heavy atom. The molecule has 3 aromatic rings. The van der Waals surface area contributed by atoms with Crippen LogP contribution in [-0.4, -0.2) is 55.4 Å². The van der Waals surface area contributed by atoms with E-state index in [1.807, 2.05) is 0 Å². The van der Waals surface area contributed by atoms with Crippen LogP contribution >= 0.6 is 0 Å². The minimum Gasteiger partial charge on any atom is -0.406 e. The Balaban J connectivity index is 1.18. The Morgan fingerprint density at radius 1 is 1.09 bits per heavy atom. The van der Waals surface area contributed by atoms with Crippen LogP contribution in [0.25, 0.3) is 11.6 Å². The van der Waals surface area contributed by atoms with E-state index in [0.717, 1.165) is 25.0 Å². The van der Waals surface area contributed by atoms with Crippen molar-refractivity contribution in [3.05, 3.63) is 41.9 Å². The van der Waals surface area contributed by atoms with Crippen molar-refractivity contribution < 1.29 is 27.2 Å². The minimum atomic E-state index is -4.77. The molecule has 1 saturated heterocycles. The summed E-state index contributed by atoms with van der Waals surface area (Å²) in [5.41, 5.74) is 0.827. The van der Waals surface area contributed by atoms with Gasteiger partial charge in [-0.05, 0) is 49.9 Å². The fourth-order valence-corrected chi connectivity index (χ4v) is 3.71. The lowest BCUT2D eigenvalue weighted by atomic mass is 10.0. The molecule has 1 saturated carbocycles. The lowest BCUT2D eigenvalue weighted by Gasteiger charge is -2.31. The van der Waals surface area contributed by atoms with E-state index in [1.54, 1.807) is 15.8 Å². The summed E-state index contributed by atoms with van der Waals surface area (Å²) >= 11 is 0. The number of nitrogens with zero attached hydrogens (tertiary/aromatic N) is 6. The molecular formula is C20H19F3N6O3. The molecule has 0 unspecified atom stereocenters. The Hall–Kier alpha value is -3.44. The van der Waals surface area contributed by atoms with Crippen LogP contribution in [0.5, 0.6) is 5.75 Å². The van der Waals surface area contributed by atoms with Gasteiger partial charge >= 0.3 is 6.36 Å². The lowest BCUT2D eigenvalue weighted by molar-refractivity contribution is -0.274. The topological polar surface area (TPSA) is 99.2 Å². The van der Waals surface area contributed by atoms with E-state index in [2.05, 4.69) is 25.2 Å². The molecule has 12 heteroatoms. The van der Waals surface area contributed by atoms with Crippen LogP contribution in [0.1, 0.15) is 53.8 Å². The van der Waals surface area contributed by atoms with Crippen molar-refractivity contribution in [1.29, 1.82) is 0 Å². The maximum atomic E-state index is 12.7. The summed E-state index contributed by atoms with van der Waals surface area (Å²) in [5.74, 6) is 0.848. The smallest absolute Gasteiger partial charge is 0.406 e. The summed E-state index contributed by atoms with van der Waals surface area (Å²) in [6.45, 7) is 0.984. The molecule has 0 spiro atoms. The first-order valence-electron chi connectivity index (χ1n) is 10.3. The van der Waals surface area contributed by atoms with Gasteiger partial charge in [-0.25, -0.2) is 4.68 Å². The second-order valence-corrected chi connectivity index (χ2v) is 7.91. The van der Waals surface area contributed by atoms with Crippen molar-refractivity contribution in [2.24, 2.45) is 0 Å². The van der Waals surface area contributed by atoms with Crippen molar-refractivity contribution in [2.75, 3.05) is 13.1 Å². The quantitative estimate of drug-likeness (QED) is 0.588. The largest absolute Gasteiger partial charge is 0.573 e. The van der Waals surface area contributed by atoms with Crippen LogP contribution in [-0.2, 0) is 0 Å². The van der Waals surface area contributed by atoms with Gasteiger partial charge in [0, 0.05) is 24.6 Å². The average molecular weight is 448 g/mol. The highest BCUT2D eigenvalue weighted by molar-refractivity contribution is 5.94. The summed E-state index contributed by atoms with van der Waals surface area (Å²) in [4.78, 5) is 18.7. The zero-order valence-electron chi connectivity index (χ0n) is 16.8. The predicted molar refractivity (Wildman–Crippen MR) is 103 cm³/mol. The van der Waals surface area contributed by atoms with E-state index >= 15 is 0 Å². The van der Waals surface area contributed by atoms with E-state index in [-0.39, 0.29) is 17.7 Å². The summed E-state index contributed by atoms with van der Waals surface area (Å²) in [6, 6.07) is 5.00. The molecule has 2 fully saturated rings. The molecule has 0 bridgehead atoms. The van der Waals surface area contributed by atoms with Crippen molar-refractivity contribution in [3.63, 3.8) is 0 Å². The Morgan fingerprint density at radius 3 is 2.47 bits per heavy atom. The zero-order chi connectivity index (χ0) is 22.3. The van der Waals surface area contributed by atoms with Gasteiger partial charge in [0.1, 0.15) is 5.75 Å². The second kappa shape index (κ2) is 7.92. The average Bonchev–Trinajstić information content (AvgIpc) is 3.30. The van der Waals surface area contributed by atoms with Crippen LogP contribution < -0.4 is 4.74 Å². The standard InChI is InChI=1S/C20H19F3N6O3/c21-20(22,23)31-15-5-3-13(4-6-15)19(30)28-9-7-14(8-10-28)29-11-16(25-27-29)18-24-17(26-32-18)12-1-2-12/h3-6,11-12,14H,1-2,7-10H2. The molecule has 0 atom stereocenters. The van der Waals surface area contributed by atoms with Crippen molar-refractivity contribution in [1.82, 2.24) is 30.0 Å². The number of halogens is 3. The maximum absolute atomic E-state index is 12.7. The molecule has 1 amide bonds. The number of piperidine rings is 1. The van der Waals surface area contributed by atoms with E-state index in [1.165, 1.54) is 12.1 Å². The van der Waals surface area contributed by atoms with E-state index < -0.39 is 6.36 Å².